The van der Waals surface area contributed by atoms with Crippen molar-refractivity contribution in [3.63, 3.8) is 0 Å². The molecule has 0 aliphatic heterocycles. The number of aromatic nitrogens is 2. The molecule has 0 spiro atoms. The maximum absolute atomic E-state index is 11.9. The number of nitrogens with zero attached hydrogens (tertiary/aromatic N) is 2. The van der Waals surface area contributed by atoms with E-state index in [1.54, 1.807) is 0 Å². The summed E-state index contributed by atoms with van der Waals surface area (Å²) in [6, 6.07) is 5.74. The Balaban J connectivity index is 1.90. The van der Waals surface area contributed by atoms with Crippen LogP contribution in [0, 0.1) is 5.92 Å². The molecule has 108 valence electrons. The van der Waals surface area contributed by atoms with Gasteiger partial charge in [-0.3, -0.25) is 4.79 Å². The first-order chi connectivity index (χ1) is 9.58. The highest BCUT2D eigenvalue weighted by Crippen LogP contribution is 2.09. The zero-order valence-electron chi connectivity index (χ0n) is 12.3. The smallest absolute Gasteiger partial charge is 0.236 e. The molecule has 2 N–H and O–H groups in total. The summed E-state index contributed by atoms with van der Waals surface area (Å²) >= 11 is 0. The van der Waals surface area contributed by atoms with Gasteiger partial charge in [-0.25, -0.2) is 4.52 Å². The van der Waals surface area contributed by atoms with Crippen molar-refractivity contribution in [1.82, 2.24) is 20.2 Å². The van der Waals surface area contributed by atoms with Gasteiger partial charge >= 0.3 is 0 Å². The van der Waals surface area contributed by atoms with Gasteiger partial charge in [-0.15, -0.1) is 0 Å². The summed E-state index contributed by atoms with van der Waals surface area (Å²) in [5, 5.41) is 10.4. The maximum Gasteiger partial charge on any atom is 0.236 e. The Hall–Kier alpha value is -1.88. The van der Waals surface area contributed by atoms with Crippen LogP contribution in [0.5, 0.6) is 0 Å². The van der Waals surface area contributed by atoms with E-state index in [4.69, 9.17) is 0 Å². The van der Waals surface area contributed by atoms with Crippen molar-refractivity contribution < 1.29 is 4.79 Å². The van der Waals surface area contributed by atoms with Crippen molar-refractivity contribution >= 4 is 11.4 Å². The zero-order chi connectivity index (χ0) is 14.5. The van der Waals surface area contributed by atoms with Gasteiger partial charge in [-0.05, 0) is 25.0 Å². The Kier molecular flexibility index (Phi) is 4.74. The summed E-state index contributed by atoms with van der Waals surface area (Å²) in [5.74, 6) is 0.501. The van der Waals surface area contributed by atoms with Gasteiger partial charge in [0.1, 0.15) is 0 Å². The minimum atomic E-state index is -0.215. The highest BCUT2D eigenvalue weighted by molar-refractivity contribution is 5.81. The third kappa shape index (κ3) is 3.57. The molecule has 0 bridgehead atoms. The predicted octanol–water partition coefficient (Wildman–Crippen LogP) is 1.58. The third-order valence-electron chi connectivity index (χ3n) is 3.18. The number of carbonyl (C=O) groups excluding carboxylic acids is 1. The molecular weight excluding hydrogens is 252 g/mol. The normalized spacial score (nSPS) is 12.8. The average Bonchev–Trinajstić information content (AvgIpc) is 2.85. The molecule has 2 rings (SSSR count). The van der Waals surface area contributed by atoms with Crippen molar-refractivity contribution in [2.24, 2.45) is 5.92 Å². The first-order valence-corrected chi connectivity index (χ1v) is 7.00. The third-order valence-corrected chi connectivity index (χ3v) is 3.18. The SMILES string of the molecule is CC(C)CNC(=O)C(C)NCc1cnn2ccccc12. The summed E-state index contributed by atoms with van der Waals surface area (Å²) in [6.45, 7) is 7.38. The molecule has 2 heterocycles. The number of amides is 1. The maximum atomic E-state index is 11.9. The zero-order valence-corrected chi connectivity index (χ0v) is 12.3. The van der Waals surface area contributed by atoms with E-state index in [0.29, 0.717) is 19.0 Å². The van der Waals surface area contributed by atoms with E-state index in [2.05, 4.69) is 29.6 Å². The van der Waals surface area contributed by atoms with E-state index >= 15 is 0 Å². The number of rotatable bonds is 6. The Bertz CT molecular complexity index is 576. The molecule has 2 aromatic heterocycles. The van der Waals surface area contributed by atoms with Gasteiger partial charge < -0.3 is 10.6 Å². The number of nitrogens with one attached hydrogen (secondary N) is 2. The second kappa shape index (κ2) is 6.52. The van der Waals surface area contributed by atoms with Gasteiger partial charge in [0.05, 0.1) is 17.8 Å². The van der Waals surface area contributed by atoms with Gasteiger partial charge in [-0.2, -0.15) is 5.10 Å². The molecular formula is C15H22N4O. The molecule has 0 saturated heterocycles. The lowest BCUT2D eigenvalue weighted by atomic mass is 10.2. The Morgan fingerprint density at radius 1 is 1.35 bits per heavy atom. The van der Waals surface area contributed by atoms with E-state index in [-0.39, 0.29) is 11.9 Å². The van der Waals surface area contributed by atoms with Crippen LogP contribution < -0.4 is 10.6 Å². The summed E-state index contributed by atoms with van der Waals surface area (Å²) in [6.07, 6.45) is 3.75. The molecule has 0 aliphatic carbocycles. The van der Waals surface area contributed by atoms with Crippen LogP contribution in [0.4, 0.5) is 0 Å². The molecule has 1 atom stereocenters. The van der Waals surface area contributed by atoms with Crippen molar-refractivity contribution in [3.8, 4) is 0 Å². The van der Waals surface area contributed by atoms with Gasteiger partial charge in [0.2, 0.25) is 5.91 Å². The summed E-state index contributed by atoms with van der Waals surface area (Å²) in [4.78, 5) is 11.9. The number of pyridine rings is 1. The predicted molar refractivity (Wildman–Crippen MR) is 79.3 cm³/mol. The molecule has 0 fully saturated rings. The lowest BCUT2D eigenvalue weighted by Gasteiger charge is -2.14. The minimum absolute atomic E-state index is 0.0372. The Morgan fingerprint density at radius 3 is 2.90 bits per heavy atom. The topological polar surface area (TPSA) is 58.4 Å². The lowest BCUT2D eigenvalue weighted by Crippen LogP contribution is -2.42. The minimum Gasteiger partial charge on any atom is -0.354 e. The summed E-state index contributed by atoms with van der Waals surface area (Å²) < 4.78 is 1.83. The highest BCUT2D eigenvalue weighted by Gasteiger charge is 2.13. The van der Waals surface area contributed by atoms with Gasteiger partial charge in [0, 0.05) is 24.8 Å². The Morgan fingerprint density at radius 2 is 2.15 bits per heavy atom. The second-order valence-electron chi connectivity index (χ2n) is 5.44. The number of hydrogen-bond donors (Lipinski definition) is 2. The average molecular weight is 274 g/mol. The van der Waals surface area contributed by atoms with Crippen LogP contribution in [0.25, 0.3) is 5.52 Å². The molecule has 20 heavy (non-hydrogen) atoms. The molecule has 0 aromatic carbocycles. The van der Waals surface area contributed by atoms with Crippen LogP contribution in [0.1, 0.15) is 26.3 Å². The summed E-state index contributed by atoms with van der Waals surface area (Å²) in [7, 11) is 0. The van der Waals surface area contributed by atoms with Gasteiger partial charge in [-0.1, -0.05) is 19.9 Å². The second-order valence-corrected chi connectivity index (χ2v) is 5.44. The van der Waals surface area contributed by atoms with Crippen molar-refractivity contribution in [2.75, 3.05) is 6.54 Å². The first-order valence-electron chi connectivity index (χ1n) is 7.00. The largest absolute Gasteiger partial charge is 0.354 e. The fourth-order valence-corrected chi connectivity index (χ4v) is 1.94. The highest BCUT2D eigenvalue weighted by atomic mass is 16.2. The van der Waals surface area contributed by atoms with E-state index in [1.807, 2.05) is 42.0 Å². The molecule has 0 saturated carbocycles. The van der Waals surface area contributed by atoms with Crippen molar-refractivity contribution in [3.05, 3.63) is 36.2 Å². The quantitative estimate of drug-likeness (QED) is 0.841. The standard InChI is InChI=1S/C15H22N4O/c1-11(2)8-17-15(20)12(3)16-9-13-10-18-19-7-5-4-6-14(13)19/h4-7,10-12,16H,8-9H2,1-3H3,(H,17,20). The molecule has 0 aliphatic rings. The molecule has 1 unspecified atom stereocenters. The molecule has 2 aromatic rings. The molecule has 5 heteroatoms. The van der Waals surface area contributed by atoms with Crippen LogP contribution in [0.15, 0.2) is 30.6 Å². The van der Waals surface area contributed by atoms with Crippen LogP contribution in [0.3, 0.4) is 0 Å². The van der Waals surface area contributed by atoms with Gasteiger partial charge in [0.25, 0.3) is 0 Å². The van der Waals surface area contributed by atoms with Gasteiger partial charge in [0.15, 0.2) is 0 Å². The number of fused-ring (bicyclic) bond motifs is 1. The van der Waals surface area contributed by atoms with E-state index in [0.717, 1.165) is 11.1 Å². The molecule has 1 amide bonds. The Labute approximate surface area is 119 Å². The fraction of sp³-hybridized carbons (Fsp3) is 0.467. The first kappa shape index (κ1) is 14.5. The van der Waals surface area contributed by atoms with Crippen molar-refractivity contribution in [2.45, 2.75) is 33.4 Å². The molecule has 5 nitrogen and oxygen atoms in total. The van der Waals surface area contributed by atoms with Crippen LogP contribution in [-0.4, -0.2) is 28.1 Å². The number of hydrogen-bond acceptors (Lipinski definition) is 3. The lowest BCUT2D eigenvalue weighted by molar-refractivity contribution is -0.122. The van der Waals surface area contributed by atoms with E-state index < -0.39 is 0 Å². The van der Waals surface area contributed by atoms with E-state index in [1.165, 1.54) is 0 Å². The summed E-state index contributed by atoms with van der Waals surface area (Å²) in [5.41, 5.74) is 2.16. The van der Waals surface area contributed by atoms with Crippen LogP contribution in [-0.2, 0) is 11.3 Å². The van der Waals surface area contributed by atoms with Crippen LogP contribution in [0.2, 0.25) is 0 Å². The fourth-order valence-electron chi connectivity index (χ4n) is 1.94. The number of carbonyl (C=O) groups is 1. The van der Waals surface area contributed by atoms with E-state index in [9.17, 15) is 4.79 Å². The van der Waals surface area contributed by atoms with Crippen molar-refractivity contribution in [1.29, 1.82) is 0 Å². The van der Waals surface area contributed by atoms with Crippen LogP contribution >= 0.6 is 0 Å². The molecule has 0 radical (unpaired) electrons. The monoisotopic (exact) mass is 274 g/mol.